The minimum absolute atomic E-state index is 0.0444. The van der Waals surface area contributed by atoms with E-state index >= 15 is 0 Å². The molecule has 0 heterocycles. The van der Waals surface area contributed by atoms with E-state index in [1.165, 1.54) is 24.3 Å². The van der Waals surface area contributed by atoms with Crippen LogP contribution in [-0.4, -0.2) is 0 Å². The van der Waals surface area contributed by atoms with Crippen LogP contribution in [0.2, 0.25) is 0 Å². The maximum Gasteiger partial charge on any atom is 0.166 e. The van der Waals surface area contributed by atoms with Crippen LogP contribution in [0.15, 0.2) is 36.4 Å². The summed E-state index contributed by atoms with van der Waals surface area (Å²) in [6.07, 6.45) is 0. The monoisotopic (exact) mass is 223 g/mol. The number of nitrogen functional groups attached to an aromatic ring is 1. The molecule has 0 aromatic heterocycles. The molecule has 2 aromatic carbocycles. The van der Waals surface area contributed by atoms with Gasteiger partial charge in [-0.05, 0) is 12.1 Å². The van der Waals surface area contributed by atoms with Gasteiger partial charge in [-0.2, -0.15) is 0 Å². The van der Waals surface area contributed by atoms with E-state index in [4.69, 9.17) is 5.73 Å². The van der Waals surface area contributed by atoms with E-state index in [1.54, 1.807) is 0 Å². The summed E-state index contributed by atoms with van der Waals surface area (Å²) in [5, 5.41) is 0. The van der Waals surface area contributed by atoms with Crippen LogP contribution in [0.5, 0.6) is 0 Å². The van der Waals surface area contributed by atoms with Crippen molar-refractivity contribution in [2.45, 2.75) is 0 Å². The van der Waals surface area contributed by atoms with Crippen molar-refractivity contribution in [3.05, 3.63) is 53.8 Å². The predicted molar refractivity (Wildman–Crippen MR) is 56.2 cm³/mol. The third-order valence-corrected chi connectivity index (χ3v) is 2.29. The standard InChI is InChI=1S/C12H8F3N/c13-9-5-1-3-7(11(9)15)8-4-2-6-10(14)12(8)16/h1-6H,16H2. The van der Waals surface area contributed by atoms with E-state index in [9.17, 15) is 13.2 Å². The van der Waals surface area contributed by atoms with Gasteiger partial charge in [-0.3, -0.25) is 0 Å². The molecule has 0 radical (unpaired) electrons. The lowest BCUT2D eigenvalue weighted by molar-refractivity contribution is 0.511. The summed E-state index contributed by atoms with van der Waals surface area (Å²) in [4.78, 5) is 0. The largest absolute Gasteiger partial charge is 0.396 e. The minimum atomic E-state index is -1.03. The second-order valence-electron chi connectivity index (χ2n) is 3.30. The number of nitrogens with two attached hydrogens (primary N) is 1. The molecule has 0 saturated carbocycles. The van der Waals surface area contributed by atoms with Crippen molar-refractivity contribution in [2.75, 3.05) is 5.73 Å². The SMILES string of the molecule is Nc1c(F)cccc1-c1cccc(F)c1F. The highest BCUT2D eigenvalue weighted by Crippen LogP contribution is 2.30. The smallest absolute Gasteiger partial charge is 0.166 e. The first kappa shape index (κ1) is 10.5. The van der Waals surface area contributed by atoms with Gasteiger partial charge < -0.3 is 5.73 Å². The zero-order valence-corrected chi connectivity index (χ0v) is 8.18. The van der Waals surface area contributed by atoms with Crippen LogP contribution >= 0.6 is 0 Å². The van der Waals surface area contributed by atoms with Crippen molar-refractivity contribution >= 4 is 5.69 Å². The average Bonchev–Trinajstić information content (AvgIpc) is 2.27. The van der Waals surface area contributed by atoms with Gasteiger partial charge in [0.15, 0.2) is 11.6 Å². The Morgan fingerprint density at radius 1 is 0.750 bits per heavy atom. The molecule has 0 aliphatic heterocycles. The number of benzene rings is 2. The molecule has 82 valence electrons. The first-order valence-corrected chi connectivity index (χ1v) is 4.59. The van der Waals surface area contributed by atoms with Crippen molar-refractivity contribution in [1.82, 2.24) is 0 Å². The first-order chi connectivity index (χ1) is 7.61. The summed E-state index contributed by atoms with van der Waals surface area (Å²) in [6, 6.07) is 7.69. The van der Waals surface area contributed by atoms with Crippen molar-refractivity contribution in [1.29, 1.82) is 0 Å². The molecule has 2 rings (SSSR count). The van der Waals surface area contributed by atoms with Crippen LogP contribution < -0.4 is 5.73 Å². The Bertz CT molecular complexity index is 488. The summed E-state index contributed by atoms with van der Waals surface area (Å²) < 4.78 is 39.6. The fourth-order valence-corrected chi connectivity index (χ4v) is 1.48. The van der Waals surface area contributed by atoms with Crippen LogP contribution in [0.4, 0.5) is 18.9 Å². The molecule has 0 aliphatic rings. The highest BCUT2D eigenvalue weighted by Gasteiger charge is 2.13. The lowest BCUT2D eigenvalue weighted by Gasteiger charge is -2.07. The summed E-state index contributed by atoms with van der Waals surface area (Å²) in [6.45, 7) is 0. The second-order valence-corrected chi connectivity index (χ2v) is 3.30. The molecule has 1 nitrogen and oxygen atoms in total. The quantitative estimate of drug-likeness (QED) is 0.737. The van der Waals surface area contributed by atoms with E-state index in [-0.39, 0.29) is 16.8 Å². The molecule has 2 aromatic rings. The van der Waals surface area contributed by atoms with E-state index < -0.39 is 17.5 Å². The van der Waals surface area contributed by atoms with Crippen LogP contribution in [0.1, 0.15) is 0 Å². The lowest BCUT2D eigenvalue weighted by atomic mass is 10.0. The van der Waals surface area contributed by atoms with E-state index in [0.717, 1.165) is 12.1 Å². The van der Waals surface area contributed by atoms with Crippen molar-refractivity contribution < 1.29 is 13.2 Å². The van der Waals surface area contributed by atoms with Crippen molar-refractivity contribution in [3.8, 4) is 11.1 Å². The molecular weight excluding hydrogens is 215 g/mol. The molecule has 2 N–H and O–H groups in total. The van der Waals surface area contributed by atoms with Gasteiger partial charge in [-0.15, -0.1) is 0 Å². The zero-order valence-electron chi connectivity index (χ0n) is 8.18. The van der Waals surface area contributed by atoms with Crippen molar-refractivity contribution in [3.63, 3.8) is 0 Å². The number of hydrogen-bond donors (Lipinski definition) is 1. The number of anilines is 1. The second kappa shape index (κ2) is 3.89. The average molecular weight is 223 g/mol. The number of rotatable bonds is 1. The van der Waals surface area contributed by atoms with E-state index in [1.807, 2.05) is 0 Å². The Morgan fingerprint density at radius 3 is 2.00 bits per heavy atom. The molecule has 0 bridgehead atoms. The molecule has 4 heteroatoms. The molecule has 0 aliphatic carbocycles. The van der Waals surface area contributed by atoms with Crippen LogP contribution in [0.3, 0.4) is 0 Å². The molecule has 16 heavy (non-hydrogen) atoms. The van der Waals surface area contributed by atoms with Gasteiger partial charge in [0.1, 0.15) is 5.82 Å². The summed E-state index contributed by atoms with van der Waals surface area (Å²) in [5.41, 5.74) is 5.39. The van der Waals surface area contributed by atoms with Gasteiger partial charge in [-0.25, -0.2) is 13.2 Å². The Hall–Kier alpha value is -1.97. The van der Waals surface area contributed by atoms with Crippen molar-refractivity contribution in [2.24, 2.45) is 0 Å². The zero-order chi connectivity index (χ0) is 11.7. The Morgan fingerprint density at radius 2 is 1.31 bits per heavy atom. The third kappa shape index (κ3) is 1.62. The van der Waals surface area contributed by atoms with Gasteiger partial charge in [0.05, 0.1) is 5.69 Å². The first-order valence-electron chi connectivity index (χ1n) is 4.59. The summed E-state index contributed by atoms with van der Waals surface area (Å²) in [7, 11) is 0. The lowest BCUT2D eigenvalue weighted by Crippen LogP contribution is -1.96. The van der Waals surface area contributed by atoms with Gasteiger partial charge in [0.25, 0.3) is 0 Å². The van der Waals surface area contributed by atoms with E-state index in [2.05, 4.69) is 0 Å². The van der Waals surface area contributed by atoms with Gasteiger partial charge >= 0.3 is 0 Å². The Labute approximate surface area is 90.3 Å². The molecule has 0 unspecified atom stereocenters. The molecule has 0 fully saturated rings. The van der Waals surface area contributed by atoms with Crippen LogP contribution in [0, 0.1) is 17.5 Å². The molecule has 0 spiro atoms. The highest BCUT2D eigenvalue weighted by atomic mass is 19.2. The fraction of sp³-hybridized carbons (Fsp3) is 0. The van der Waals surface area contributed by atoms with Crippen LogP contribution in [-0.2, 0) is 0 Å². The Balaban J connectivity index is 2.68. The Kier molecular flexibility index (Phi) is 2.56. The fourth-order valence-electron chi connectivity index (χ4n) is 1.48. The third-order valence-electron chi connectivity index (χ3n) is 2.29. The van der Waals surface area contributed by atoms with E-state index in [0.29, 0.717) is 0 Å². The van der Waals surface area contributed by atoms with Gasteiger partial charge in [0.2, 0.25) is 0 Å². The van der Waals surface area contributed by atoms with Gasteiger partial charge in [0, 0.05) is 11.1 Å². The number of halogens is 3. The number of hydrogen-bond acceptors (Lipinski definition) is 1. The predicted octanol–water partition coefficient (Wildman–Crippen LogP) is 3.35. The normalized spacial score (nSPS) is 10.4. The minimum Gasteiger partial charge on any atom is -0.396 e. The highest BCUT2D eigenvalue weighted by molar-refractivity contribution is 5.76. The molecule has 0 atom stereocenters. The molecular formula is C12H8F3N. The topological polar surface area (TPSA) is 26.0 Å². The maximum absolute atomic E-state index is 13.4. The van der Waals surface area contributed by atoms with Crippen LogP contribution in [0.25, 0.3) is 11.1 Å². The molecule has 0 saturated heterocycles. The summed E-state index contributed by atoms with van der Waals surface area (Å²) >= 11 is 0. The number of para-hydroxylation sites is 1. The maximum atomic E-state index is 13.4. The van der Waals surface area contributed by atoms with Gasteiger partial charge in [-0.1, -0.05) is 24.3 Å². The summed E-state index contributed by atoms with van der Waals surface area (Å²) in [5.74, 6) is -2.66. The molecule has 0 amide bonds.